The molecule has 5 heteroatoms. The number of rotatable bonds is 8. The lowest BCUT2D eigenvalue weighted by atomic mass is 10.2. The van der Waals surface area contributed by atoms with Crippen molar-refractivity contribution in [1.82, 2.24) is 9.80 Å². The molecule has 2 N–H and O–H groups in total. The number of thiocarbonyl (C=S) groups is 1. The Kier molecular flexibility index (Phi) is 5.85. The summed E-state index contributed by atoms with van der Waals surface area (Å²) in [6, 6.07) is 0.707. The average Bonchev–Trinajstić information content (AvgIpc) is 3.05. The second kappa shape index (κ2) is 6.91. The first-order chi connectivity index (χ1) is 8.00. The number of hydrogen-bond acceptors (Lipinski definition) is 3. The zero-order valence-electron chi connectivity index (χ0n) is 10.8. The minimum atomic E-state index is 0.204. The van der Waals surface area contributed by atoms with Crippen LogP contribution in [0.3, 0.4) is 0 Å². The van der Waals surface area contributed by atoms with E-state index in [1.165, 1.54) is 12.8 Å². The molecule has 0 heterocycles. The van der Waals surface area contributed by atoms with Gasteiger partial charge in [0.1, 0.15) is 0 Å². The van der Waals surface area contributed by atoms with E-state index in [1.807, 2.05) is 0 Å². The van der Waals surface area contributed by atoms with E-state index in [-0.39, 0.29) is 5.91 Å². The maximum absolute atomic E-state index is 11.4. The van der Waals surface area contributed by atoms with E-state index in [0.29, 0.717) is 17.5 Å². The summed E-state index contributed by atoms with van der Waals surface area (Å²) in [6.45, 7) is 1.92. The van der Waals surface area contributed by atoms with Crippen LogP contribution in [0.5, 0.6) is 0 Å². The number of carbonyl (C=O) groups is 1. The van der Waals surface area contributed by atoms with Crippen LogP contribution < -0.4 is 5.73 Å². The molecule has 0 spiro atoms. The summed E-state index contributed by atoms with van der Waals surface area (Å²) in [5, 5.41) is 0. The third-order valence-electron chi connectivity index (χ3n) is 3.04. The molecular formula is C12H23N3OS. The monoisotopic (exact) mass is 257 g/mol. The normalized spacial score (nSPS) is 15.0. The summed E-state index contributed by atoms with van der Waals surface area (Å²) < 4.78 is 0. The van der Waals surface area contributed by atoms with E-state index in [0.717, 1.165) is 25.9 Å². The minimum Gasteiger partial charge on any atom is -0.393 e. The molecular weight excluding hydrogens is 234 g/mol. The third-order valence-corrected chi connectivity index (χ3v) is 3.25. The van der Waals surface area contributed by atoms with Crippen molar-refractivity contribution < 1.29 is 4.79 Å². The molecule has 0 unspecified atom stereocenters. The Morgan fingerprint density at radius 1 is 1.29 bits per heavy atom. The molecule has 1 rings (SSSR count). The van der Waals surface area contributed by atoms with Gasteiger partial charge in [0.25, 0.3) is 0 Å². The van der Waals surface area contributed by atoms with Crippen LogP contribution in [0.15, 0.2) is 0 Å². The van der Waals surface area contributed by atoms with Gasteiger partial charge in [-0.25, -0.2) is 0 Å². The Hall–Kier alpha value is -0.680. The number of nitrogens with zero attached hydrogens (tertiary/aromatic N) is 2. The molecule has 0 aromatic rings. The van der Waals surface area contributed by atoms with Crippen LogP contribution in [0.1, 0.15) is 32.1 Å². The summed E-state index contributed by atoms with van der Waals surface area (Å²) in [4.78, 5) is 16.1. The lowest BCUT2D eigenvalue weighted by molar-refractivity contribution is -0.128. The van der Waals surface area contributed by atoms with Crippen LogP contribution in [0.4, 0.5) is 0 Å². The molecule has 0 atom stereocenters. The highest BCUT2D eigenvalue weighted by Crippen LogP contribution is 2.27. The summed E-state index contributed by atoms with van der Waals surface area (Å²) in [5.74, 6) is 0.204. The van der Waals surface area contributed by atoms with Crippen molar-refractivity contribution in [1.29, 1.82) is 0 Å². The standard InChI is InChI=1S/C12H23N3OS/c1-14(2)12(16)4-3-8-15(10-5-6-10)9-7-11(13)17/h10H,3-9H2,1-2H3,(H2,13,17). The first-order valence-corrected chi connectivity index (χ1v) is 6.64. The maximum Gasteiger partial charge on any atom is 0.222 e. The van der Waals surface area contributed by atoms with Crippen molar-refractivity contribution in [3.8, 4) is 0 Å². The van der Waals surface area contributed by atoms with Crippen LogP contribution in [0.2, 0.25) is 0 Å². The van der Waals surface area contributed by atoms with Crippen molar-refractivity contribution in [2.75, 3.05) is 27.2 Å². The zero-order valence-corrected chi connectivity index (χ0v) is 11.6. The Morgan fingerprint density at radius 3 is 2.41 bits per heavy atom. The first-order valence-electron chi connectivity index (χ1n) is 6.23. The molecule has 0 bridgehead atoms. The SMILES string of the molecule is CN(C)C(=O)CCCN(CCC(N)=S)C1CC1. The molecule has 1 saturated carbocycles. The molecule has 1 aliphatic rings. The van der Waals surface area contributed by atoms with Crippen molar-refractivity contribution in [3.05, 3.63) is 0 Å². The molecule has 17 heavy (non-hydrogen) atoms. The third kappa shape index (κ3) is 5.98. The molecule has 1 amide bonds. The quantitative estimate of drug-likeness (QED) is 0.659. The number of nitrogens with two attached hydrogens (primary N) is 1. The second-order valence-electron chi connectivity index (χ2n) is 4.88. The van der Waals surface area contributed by atoms with E-state index in [2.05, 4.69) is 4.90 Å². The van der Waals surface area contributed by atoms with E-state index in [1.54, 1.807) is 19.0 Å². The van der Waals surface area contributed by atoms with Crippen molar-refractivity contribution >= 4 is 23.1 Å². The lowest BCUT2D eigenvalue weighted by Crippen LogP contribution is -2.31. The number of hydrogen-bond donors (Lipinski definition) is 1. The molecule has 98 valence electrons. The first kappa shape index (κ1) is 14.4. The molecule has 1 fully saturated rings. The summed E-state index contributed by atoms with van der Waals surface area (Å²) in [7, 11) is 3.60. The second-order valence-corrected chi connectivity index (χ2v) is 5.40. The number of amides is 1. The van der Waals surface area contributed by atoms with Crippen molar-refractivity contribution in [2.45, 2.75) is 38.1 Å². The van der Waals surface area contributed by atoms with Crippen LogP contribution >= 0.6 is 12.2 Å². The average molecular weight is 257 g/mol. The van der Waals surface area contributed by atoms with Crippen LogP contribution in [0, 0.1) is 0 Å². The fourth-order valence-electron chi connectivity index (χ4n) is 1.83. The van der Waals surface area contributed by atoms with Gasteiger partial charge in [-0.1, -0.05) is 12.2 Å². The fraction of sp³-hybridized carbons (Fsp3) is 0.833. The summed E-state index contributed by atoms with van der Waals surface area (Å²) in [6.07, 6.45) is 4.89. The van der Waals surface area contributed by atoms with Crippen LogP contribution in [-0.4, -0.2) is 53.9 Å². The Bertz CT molecular complexity index is 277. The maximum atomic E-state index is 11.4. The van der Waals surface area contributed by atoms with E-state index >= 15 is 0 Å². The summed E-state index contributed by atoms with van der Waals surface area (Å²) in [5.41, 5.74) is 5.52. The van der Waals surface area contributed by atoms with Gasteiger partial charge in [0.2, 0.25) is 5.91 Å². The lowest BCUT2D eigenvalue weighted by Gasteiger charge is -2.21. The van der Waals surface area contributed by atoms with Gasteiger partial charge in [0, 0.05) is 39.5 Å². The van der Waals surface area contributed by atoms with Gasteiger partial charge in [0.15, 0.2) is 0 Å². The van der Waals surface area contributed by atoms with Gasteiger partial charge < -0.3 is 10.6 Å². The van der Waals surface area contributed by atoms with Gasteiger partial charge in [-0.3, -0.25) is 9.69 Å². The predicted molar refractivity (Wildman–Crippen MR) is 73.9 cm³/mol. The van der Waals surface area contributed by atoms with Crippen molar-refractivity contribution in [2.24, 2.45) is 5.73 Å². The zero-order chi connectivity index (χ0) is 12.8. The molecule has 0 saturated heterocycles. The highest BCUT2D eigenvalue weighted by molar-refractivity contribution is 7.80. The minimum absolute atomic E-state index is 0.204. The Morgan fingerprint density at radius 2 is 1.94 bits per heavy atom. The largest absolute Gasteiger partial charge is 0.393 e. The fourth-order valence-corrected chi connectivity index (χ4v) is 1.92. The molecule has 0 radical (unpaired) electrons. The van der Waals surface area contributed by atoms with Gasteiger partial charge >= 0.3 is 0 Å². The molecule has 0 aromatic heterocycles. The molecule has 4 nitrogen and oxygen atoms in total. The van der Waals surface area contributed by atoms with E-state index in [4.69, 9.17) is 18.0 Å². The topological polar surface area (TPSA) is 49.6 Å². The van der Waals surface area contributed by atoms with Crippen LogP contribution in [-0.2, 0) is 4.79 Å². The van der Waals surface area contributed by atoms with Gasteiger partial charge in [-0.15, -0.1) is 0 Å². The Labute approximate surface area is 109 Å². The van der Waals surface area contributed by atoms with Gasteiger partial charge in [-0.05, 0) is 25.8 Å². The van der Waals surface area contributed by atoms with Crippen molar-refractivity contribution in [3.63, 3.8) is 0 Å². The van der Waals surface area contributed by atoms with Crippen LogP contribution in [0.25, 0.3) is 0 Å². The molecule has 1 aliphatic carbocycles. The van der Waals surface area contributed by atoms with Gasteiger partial charge in [0.05, 0.1) is 4.99 Å². The summed E-state index contributed by atoms with van der Waals surface area (Å²) >= 11 is 4.90. The molecule has 0 aliphatic heterocycles. The van der Waals surface area contributed by atoms with Gasteiger partial charge in [-0.2, -0.15) is 0 Å². The highest BCUT2D eigenvalue weighted by atomic mass is 32.1. The molecule has 0 aromatic carbocycles. The smallest absolute Gasteiger partial charge is 0.222 e. The number of carbonyl (C=O) groups excluding carboxylic acids is 1. The van der Waals surface area contributed by atoms with E-state index in [9.17, 15) is 4.79 Å². The predicted octanol–water partition coefficient (Wildman–Crippen LogP) is 0.995. The van der Waals surface area contributed by atoms with E-state index < -0.39 is 0 Å². The Balaban J connectivity index is 2.20. The highest BCUT2D eigenvalue weighted by Gasteiger charge is 2.28.